The predicted octanol–water partition coefficient (Wildman–Crippen LogP) is 3.38. The van der Waals surface area contributed by atoms with Crippen molar-refractivity contribution >= 4 is 0 Å². The predicted molar refractivity (Wildman–Crippen MR) is 87.5 cm³/mol. The van der Waals surface area contributed by atoms with Gasteiger partial charge in [0.15, 0.2) is 0 Å². The number of hydrogen-bond acceptors (Lipinski definition) is 0. The molecule has 20 heavy (non-hydrogen) atoms. The molecule has 2 rings (SSSR count). The van der Waals surface area contributed by atoms with Crippen LogP contribution in [0.15, 0.2) is 0 Å². The summed E-state index contributed by atoms with van der Waals surface area (Å²) < 4.78 is 2.43. The number of hydrogen-bond donors (Lipinski definition) is 0. The topological polar surface area (TPSA) is 0 Å². The van der Waals surface area contributed by atoms with Crippen molar-refractivity contribution in [2.24, 2.45) is 16.7 Å². The van der Waals surface area contributed by atoms with Crippen molar-refractivity contribution in [1.29, 1.82) is 0 Å². The molecule has 2 bridgehead atoms. The lowest BCUT2D eigenvalue weighted by Gasteiger charge is -2.61. The van der Waals surface area contributed by atoms with Crippen LogP contribution in [-0.2, 0) is 0 Å². The van der Waals surface area contributed by atoms with Gasteiger partial charge in [-0.15, -0.1) is 0 Å². The van der Waals surface area contributed by atoms with Gasteiger partial charge in [0, 0.05) is 17.8 Å². The van der Waals surface area contributed by atoms with Crippen LogP contribution in [0.1, 0.15) is 46.5 Å². The Morgan fingerprint density at radius 2 is 1.80 bits per heavy atom. The molecule has 1 aliphatic carbocycles. The Labute approximate surface area is 127 Å². The van der Waals surface area contributed by atoms with Crippen LogP contribution in [-0.4, -0.2) is 63.3 Å². The van der Waals surface area contributed by atoms with E-state index in [9.17, 15) is 0 Å². The minimum atomic E-state index is 0.545. The van der Waals surface area contributed by atoms with Crippen molar-refractivity contribution in [3.63, 3.8) is 0 Å². The normalized spacial score (nSPS) is 40.6. The van der Waals surface area contributed by atoms with Crippen molar-refractivity contribution in [3.8, 4) is 0 Å². The number of rotatable bonds is 4. The van der Waals surface area contributed by atoms with Crippen molar-refractivity contribution in [1.82, 2.24) is 0 Å². The molecule has 118 valence electrons. The fourth-order valence-electron chi connectivity index (χ4n) is 5.05. The highest BCUT2D eigenvalue weighted by molar-refractivity contribution is 5.00. The number of nitrogens with zero attached hydrogens (tertiary/aromatic N) is 2. The van der Waals surface area contributed by atoms with Crippen molar-refractivity contribution < 1.29 is 8.97 Å². The van der Waals surface area contributed by atoms with Crippen LogP contribution in [0.4, 0.5) is 0 Å². The molecule has 0 aromatic rings. The highest BCUT2D eigenvalue weighted by Crippen LogP contribution is 2.57. The van der Waals surface area contributed by atoms with Crippen molar-refractivity contribution in [3.05, 3.63) is 0 Å². The largest absolute Gasteiger partial charge is 0.331 e. The van der Waals surface area contributed by atoms with E-state index in [1.807, 2.05) is 0 Å². The third kappa shape index (κ3) is 3.06. The maximum absolute atomic E-state index is 2.58. The van der Waals surface area contributed by atoms with E-state index in [0.29, 0.717) is 10.8 Å². The number of piperidine rings is 1. The number of fused-ring (bicyclic) bond motifs is 2. The molecule has 2 aliphatic rings. The summed E-state index contributed by atoms with van der Waals surface area (Å²) >= 11 is 0. The molecule has 1 saturated carbocycles. The van der Waals surface area contributed by atoms with Gasteiger partial charge >= 0.3 is 0 Å². The first-order chi connectivity index (χ1) is 8.98. The Kier molecular flexibility index (Phi) is 4.06. The second-order valence-electron chi connectivity index (χ2n) is 9.92. The molecule has 2 nitrogen and oxygen atoms in total. The van der Waals surface area contributed by atoms with Gasteiger partial charge in [-0.25, -0.2) is 0 Å². The van der Waals surface area contributed by atoms with Gasteiger partial charge in [0.05, 0.1) is 54.4 Å². The van der Waals surface area contributed by atoms with Crippen LogP contribution in [0.5, 0.6) is 0 Å². The fraction of sp³-hybridized carbons (Fsp3) is 1.00. The maximum atomic E-state index is 2.58. The van der Waals surface area contributed by atoms with Crippen LogP contribution >= 0.6 is 0 Å². The molecule has 0 aromatic heterocycles. The van der Waals surface area contributed by atoms with Crippen LogP contribution in [0, 0.1) is 16.7 Å². The first-order valence-electron chi connectivity index (χ1n) is 8.62. The van der Waals surface area contributed by atoms with E-state index in [4.69, 9.17) is 0 Å². The van der Waals surface area contributed by atoms with Crippen LogP contribution in [0.2, 0.25) is 0 Å². The van der Waals surface area contributed by atoms with E-state index < -0.39 is 0 Å². The molecule has 2 heteroatoms. The minimum absolute atomic E-state index is 0.545. The Balaban J connectivity index is 2.04. The second kappa shape index (κ2) is 4.98. The lowest BCUT2D eigenvalue weighted by molar-refractivity contribution is -0.934. The zero-order valence-electron chi connectivity index (χ0n) is 15.1. The molecule has 2 fully saturated rings. The lowest BCUT2D eigenvalue weighted by atomic mass is 9.51. The molecule has 3 atom stereocenters. The van der Waals surface area contributed by atoms with Gasteiger partial charge in [-0.05, 0) is 18.3 Å². The smallest absolute Gasteiger partial charge is 0.0844 e. The van der Waals surface area contributed by atoms with Gasteiger partial charge in [0.1, 0.15) is 0 Å². The quantitative estimate of drug-likeness (QED) is 0.694. The Morgan fingerprint density at radius 3 is 2.35 bits per heavy atom. The standard InChI is InChI=1S/C18H38N2/c1-17(2)16-10-8-11-18(17,3)15-20(7,14-16)13-9-12-19(4,5)6/h16H,8-15H2,1-7H3/q+2. The fourth-order valence-corrected chi connectivity index (χ4v) is 5.05. The van der Waals surface area contributed by atoms with E-state index in [-0.39, 0.29) is 0 Å². The molecule has 1 saturated heterocycles. The van der Waals surface area contributed by atoms with Crippen molar-refractivity contribution in [2.75, 3.05) is 54.4 Å². The monoisotopic (exact) mass is 282 g/mol. The maximum Gasteiger partial charge on any atom is 0.0844 e. The average molecular weight is 283 g/mol. The Bertz CT molecular complexity index is 355. The number of quaternary nitrogens is 2. The zero-order valence-corrected chi connectivity index (χ0v) is 15.1. The second-order valence-corrected chi connectivity index (χ2v) is 9.92. The van der Waals surface area contributed by atoms with Gasteiger partial charge in [0.2, 0.25) is 0 Å². The van der Waals surface area contributed by atoms with E-state index in [1.54, 1.807) is 0 Å². The zero-order chi connectivity index (χ0) is 15.2. The summed E-state index contributed by atoms with van der Waals surface area (Å²) in [6, 6.07) is 0. The highest BCUT2D eigenvalue weighted by atomic mass is 15.4. The van der Waals surface area contributed by atoms with E-state index in [2.05, 4.69) is 49.0 Å². The molecule has 0 N–H and O–H groups in total. The van der Waals surface area contributed by atoms with Crippen LogP contribution in [0.25, 0.3) is 0 Å². The van der Waals surface area contributed by atoms with E-state index in [0.717, 1.165) is 10.4 Å². The van der Waals surface area contributed by atoms with Gasteiger partial charge in [-0.3, -0.25) is 0 Å². The molecule has 0 aromatic carbocycles. The molecule has 0 amide bonds. The van der Waals surface area contributed by atoms with Gasteiger partial charge < -0.3 is 8.97 Å². The third-order valence-corrected chi connectivity index (χ3v) is 6.78. The molecular weight excluding hydrogens is 244 g/mol. The summed E-state index contributed by atoms with van der Waals surface area (Å²) in [6.45, 7) is 13.2. The average Bonchev–Trinajstić information content (AvgIpc) is 2.21. The minimum Gasteiger partial charge on any atom is -0.331 e. The summed E-state index contributed by atoms with van der Waals surface area (Å²) in [5.74, 6) is 0.934. The number of likely N-dealkylation sites (tertiary alicyclic amines) is 1. The Hall–Kier alpha value is -0.0800. The first-order valence-corrected chi connectivity index (χ1v) is 8.62. The van der Waals surface area contributed by atoms with Gasteiger partial charge in [-0.1, -0.05) is 27.2 Å². The molecule has 0 spiro atoms. The highest BCUT2D eigenvalue weighted by Gasteiger charge is 2.57. The summed E-state index contributed by atoms with van der Waals surface area (Å²) in [4.78, 5) is 0. The van der Waals surface area contributed by atoms with Gasteiger partial charge in [-0.2, -0.15) is 0 Å². The molecule has 1 heterocycles. The molecule has 0 radical (unpaired) electrons. The van der Waals surface area contributed by atoms with Crippen molar-refractivity contribution in [2.45, 2.75) is 46.5 Å². The molecular formula is C18H38N2+2. The molecule has 3 unspecified atom stereocenters. The first kappa shape index (κ1) is 16.3. The molecule has 1 aliphatic heterocycles. The van der Waals surface area contributed by atoms with Crippen LogP contribution in [0.3, 0.4) is 0 Å². The van der Waals surface area contributed by atoms with Crippen LogP contribution < -0.4 is 0 Å². The van der Waals surface area contributed by atoms with E-state index in [1.165, 1.54) is 56.3 Å². The van der Waals surface area contributed by atoms with Gasteiger partial charge in [0.25, 0.3) is 0 Å². The summed E-state index contributed by atoms with van der Waals surface area (Å²) in [6.07, 6.45) is 5.73. The Morgan fingerprint density at radius 1 is 1.15 bits per heavy atom. The van der Waals surface area contributed by atoms with E-state index >= 15 is 0 Å². The summed E-state index contributed by atoms with van der Waals surface area (Å²) in [5.41, 5.74) is 1.10. The summed E-state index contributed by atoms with van der Waals surface area (Å²) in [5, 5.41) is 0. The summed E-state index contributed by atoms with van der Waals surface area (Å²) in [7, 11) is 9.47. The SMILES string of the molecule is CC12CCCC(C[N+](C)(CCC[N+](C)(C)C)C1)C2(C)C. The third-order valence-electron chi connectivity index (χ3n) is 6.78. The lowest BCUT2D eigenvalue weighted by Crippen LogP contribution is -2.66.